The Bertz CT molecular complexity index is 1160. The number of hydrogen-bond acceptors (Lipinski definition) is 5. The van der Waals surface area contributed by atoms with Crippen LogP contribution in [0.3, 0.4) is 0 Å². The molecule has 0 bridgehead atoms. The average Bonchev–Trinajstić information content (AvgIpc) is 3.14. The Morgan fingerprint density at radius 3 is 2.67 bits per heavy atom. The van der Waals surface area contributed by atoms with Crippen LogP contribution in [0.15, 0.2) is 53.4 Å². The zero-order chi connectivity index (χ0) is 21.1. The SMILES string of the molecule is O=C(NO)C(CCc1ccccc1)[AsH]S(=O)(=O)c1ccc2c3c(sc2c1)CCCC3. The number of carbonyl (C=O) groups excluding carboxylic acids is 1. The third kappa shape index (κ3) is 4.64. The molecule has 1 aromatic heterocycles. The molecule has 1 heterocycles. The van der Waals surface area contributed by atoms with Crippen molar-refractivity contribution in [1.82, 2.24) is 5.48 Å². The number of hydrogen-bond donors (Lipinski definition) is 2. The van der Waals surface area contributed by atoms with Crippen LogP contribution in [0.25, 0.3) is 10.1 Å². The van der Waals surface area contributed by atoms with Gasteiger partial charge >= 0.3 is 187 Å². The van der Waals surface area contributed by atoms with Crippen molar-refractivity contribution in [3.63, 3.8) is 0 Å². The second kappa shape index (κ2) is 9.23. The quantitative estimate of drug-likeness (QED) is 0.291. The van der Waals surface area contributed by atoms with Crippen molar-refractivity contribution in [2.75, 3.05) is 0 Å². The van der Waals surface area contributed by atoms with Gasteiger partial charge in [0, 0.05) is 0 Å². The van der Waals surface area contributed by atoms with Crippen LogP contribution in [-0.4, -0.2) is 34.1 Å². The Labute approximate surface area is 186 Å². The van der Waals surface area contributed by atoms with E-state index in [1.165, 1.54) is 28.7 Å². The first-order valence-corrected chi connectivity index (χ1v) is 16.1. The van der Waals surface area contributed by atoms with Crippen molar-refractivity contribution in [3.05, 3.63) is 64.5 Å². The summed E-state index contributed by atoms with van der Waals surface area (Å²) in [5.74, 6) is -0.609. The van der Waals surface area contributed by atoms with Crippen molar-refractivity contribution in [1.29, 1.82) is 0 Å². The van der Waals surface area contributed by atoms with E-state index in [4.69, 9.17) is 5.21 Å². The molecule has 0 aliphatic heterocycles. The number of fused-ring (bicyclic) bond motifs is 3. The van der Waals surface area contributed by atoms with Gasteiger partial charge in [0.15, 0.2) is 0 Å². The summed E-state index contributed by atoms with van der Waals surface area (Å²) in [5, 5.41) is 10.3. The number of carbonyl (C=O) groups is 1. The molecule has 5 nitrogen and oxygen atoms in total. The van der Waals surface area contributed by atoms with Crippen LogP contribution in [0.1, 0.15) is 35.3 Å². The van der Waals surface area contributed by atoms with Gasteiger partial charge in [-0.25, -0.2) is 0 Å². The molecule has 8 heteroatoms. The monoisotopic (exact) mass is 505 g/mol. The number of nitrogens with one attached hydrogen (secondary N) is 1. The number of rotatable bonds is 7. The van der Waals surface area contributed by atoms with E-state index in [2.05, 4.69) is 0 Å². The maximum atomic E-state index is 13.2. The maximum absolute atomic E-state index is 13.2. The van der Waals surface area contributed by atoms with Crippen LogP contribution in [0.5, 0.6) is 0 Å². The summed E-state index contributed by atoms with van der Waals surface area (Å²) in [7, 11) is -3.55. The van der Waals surface area contributed by atoms with E-state index in [9.17, 15) is 13.2 Å². The third-order valence-corrected chi connectivity index (χ3v) is 14.6. The van der Waals surface area contributed by atoms with Crippen molar-refractivity contribution >= 4 is 50.0 Å². The minimum atomic E-state index is -3.55. The average molecular weight is 505 g/mol. The first kappa shape index (κ1) is 21.6. The first-order valence-electron chi connectivity index (χ1n) is 10.0. The summed E-state index contributed by atoms with van der Waals surface area (Å²) in [6.07, 6.45) is 5.50. The second-order valence-electron chi connectivity index (χ2n) is 7.54. The molecule has 0 saturated carbocycles. The Balaban J connectivity index is 1.56. The molecule has 158 valence electrons. The number of amides is 1. The molecule has 2 unspecified atom stereocenters. The summed E-state index contributed by atoms with van der Waals surface area (Å²) >= 11 is -0.0293. The van der Waals surface area contributed by atoms with E-state index in [-0.39, 0.29) is 0 Å². The van der Waals surface area contributed by atoms with E-state index >= 15 is 0 Å². The summed E-state index contributed by atoms with van der Waals surface area (Å²) in [6, 6.07) is 15.1. The van der Waals surface area contributed by atoms with Gasteiger partial charge in [0.2, 0.25) is 0 Å². The topological polar surface area (TPSA) is 83.5 Å². The van der Waals surface area contributed by atoms with E-state index in [0.29, 0.717) is 17.7 Å². The molecule has 0 saturated heterocycles. The molecule has 2 aromatic carbocycles. The first-order chi connectivity index (χ1) is 14.5. The zero-order valence-electron chi connectivity index (χ0n) is 16.4. The Morgan fingerprint density at radius 1 is 1.13 bits per heavy atom. The molecule has 1 aliphatic rings. The fraction of sp³-hybridized carbons (Fsp3) is 0.318. The van der Waals surface area contributed by atoms with Gasteiger partial charge in [-0.05, 0) is 0 Å². The van der Waals surface area contributed by atoms with Gasteiger partial charge in [0.05, 0.1) is 0 Å². The molecule has 3 aromatic rings. The summed E-state index contributed by atoms with van der Waals surface area (Å²) in [6.45, 7) is 0. The van der Waals surface area contributed by atoms with Gasteiger partial charge in [-0.15, -0.1) is 0 Å². The predicted octanol–water partition coefficient (Wildman–Crippen LogP) is 3.83. The number of thiophene rings is 1. The number of hydroxylamine groups is 1. The molecule has 4 rings (SSSR count). The summed E-state index contributed by atoms with van der Waals surface area (Å²) in [5.41, 5.74) is 4.09. The van der Waals surface area contributed by atoms with Crippen LogP contribution in [0.4, 0.5) is 0 Å². The molecule has 0 radical (unpaired) electrons. The number of benzene rings is 2. The predicted molar refractivity (Wildman–Crippen MR) is 121 cm³/mol. The van der Waals surface area contributed by atoms with Crippen molar-refractivity contribution in [2.24, 2.45) is 0 Å². The van der Waals surface area contributed by atoms with Crippen LogP contribution in [0.2, 0.25) is 4.71 Å². The Kier molecular flexibility index (Phi) is 6.63. The standard InChI is InChI=1S/C22H24AsNO4S2/c25-22(24-26)19(13-10-15-6-2-1-3-7-15)23-30(27,28)16-11-12-18-17-8-4-5-9-20(17)29-21(18)14-16/h1-3,6-7,11-12,14,19,23,26H,4-5,8-10,13H2,(H,24,25). The van der Waals surface area contributed by atoms with Crippen molar-refractivity contribution in [2.45, 2.75) is 48.1 Å². The second-order valence-corrected chi connectivity index (χ2v) is 16.7. The van der Waals surface area contributed by atoms with E-state index in [1.54, 1.807) is 28.9 Å². The van der Waals surface area contributed by atoms with Gasteiger partial charge in [-0.1, -0.05) is 0 Å². The normalized spacial score (nSPS) is 15.4. The molecule has 1 amide bonds. The van der Waals surface area contributed by atoms with Gasteiger partial charge < -0.3 is 0 Å². The minimum absolute atomic E-state index is 0.295. The Hall–Kier alpha value is -1.66. The molecule has 0 fully saturated rings. The van der Waals surface area contributed by atoms with Crippen LogP contribution < -0.4 is 5.48 Å². The number of aryl methyl sites for hydroxylation is 3. The molecule has 0 spiro atoms. The van der Waals surface area contributed by atoms with Crippen molar-refractivity contribution < 1.29 is 18.4 Å². The Morgan fingerprint density at radius 2 is 1.90 bits per heavy atom. The zero-order valence-corrected chi connectivity index (χ0v) is 20.2. The third-order valence-electron chi connectivity index (χ3n) is 5.53. The van der Waals surface area contributed by atoms with Gasteiger partial charge in [0.25, 0.3) is 0 Å². The molecule has 1 aliphatic carbocycles. The van der Waals surface area contributed by atoms with Gasteiger partial charge in [0.1, 0.15) is 0 Å². The summed E-state index contributed by atoms with van der Waals surface area (Å²) < 4.78 is 26.6. The molecule has 2 N–H and O–H groups in total. The fourth-order valence-electron chi connectivity index (χ4n) is 3.94. The molecule has 2 atom stereocenters. The van der Waals surface area contributed by atoms with Crippen LogP contribution in [0, 0.1) is 0 Å². The van der Waals surface area contributed by atoms with Crippen molar-refractivity contribution in [3.8, 4) is 0 Å². The van der Waals surface area contributed by atoms with E-state index in [1.807, 2.05) is 36.4 Å². The molecule has 30 heavy (non-hydrogen) atoms. The molecular formula is C22H24AsNO4S2. The van der Waals surface area contributed by atoms with Gasteiger partial charge in [-0.2, -0.15) is 0 Å². The van der Waals surface area contributed by atoms with Gasteiger partial charge in [-0.3, -0.25) is 0 Å². The van der Waals surface area contributed by atoms with Crippen LogP contribution >= 0.6 is 11.3 Å². The fourth-order valence-corrected chi connectivity index (χ4v) is 12.5. The summed E-state index contributed by atoms with van der Waals surface area (Å²) in [4.78, 5) is 13.9. The van der Waals surface area contributed by atoms with E-state index < -0.39 is 33.3 Å². The van der Waals surface area contributed by atoms with E-state index in [0.717, 1.165) is 23.1 Å². The molecular weight excluding hydrogens is 481 g/mol. The van der Waals surface area contributed by atoms with Crippen LogP contribution in [-0.2, 0) is 32.2 Å².